The van der Waals surface area contributed by atoms with Gasteiger partial charge in [-0.05, 0) is 26.2 Å². The number of sulfonamides is 1. The Balaban J connectivity index is 2.14. The van der Waals surface area contributed by atoms with Gasteiger partial charge in [0.05, 0.1) is 18.4 Å². The van der Waals surface area contributed by atoms with Crippen LogP contribution in [0, 0.1) is 0 Å². The largest absolute Gasteiger partial charge is 0.376 e. The Hall–Kier alpha value is -0.860. The fourth-order valence-electron chi connectivity index (χ4n) is 2.02. The molecule has 0 aromatic carbocycles. The number of carbonyl (C=O) groups excluding carboxylic acids is 1. The highest BCUT2D eigenvalue weighted by Gasteiger charge is 2.23. The van der Waals surface area contributed by atoms with Crippen molar-refractivity contribution in [1.82, 2.24) is 14.9 Å². The maximum atomic E-state index is 11.6. The number of nitrogens with one attached hydrogen (secondary N) is 2. The molecule has 0 radical (unpaired) electrons. The fourth-order valence-corrected chi connectivity index (χ4v) is 2.48. The number of amides is 2. The Morgan fingerprint density at radius 3 is 2.75 bits per heavy atom. The zero-order valence-corrected chi connectivity index (χ0v) is 13.2. The van der Waals surface area contributed by atoms with Crippen molar-refractivity contribution in [3.8, 4) is 0 Å². The minimum absolute atomic E-state index is 0.0174. The van der Waals surface area contributed by atoms with Crippen molar-refractivity contribution in [1.29, 1.82) is 0 Å². The molecule has 1 aliphatic rings. The summed E-state index contributed by atoms with van der Waals surface area (Å²) in [7, 11) is -1.62. The highest BCUT2D eigenvalue weighted by Crippen LogP contribution is 2.15. The van der Waals surface area contributed by atoms with Crippen molar-refractivity contribution in [2.24, 2.45) is 0 Å². The monoisotopic (exact) mass is 307 g/mol. The molecule has 2 N–H and O–H groups in total. The van der Waals surface area contributed by atoms with Crippen LogP contribution in [0.4, 0.5) is 4.79 Å². The van der Waals surface area contributed by atoms with Crippen LogP contribution >= 0.6 is 0 Å². The third-order valence-corrected chi connectivity index (χ3v) is 4.70. The van der Waals surface area contributed by atoms with Gasteiger partial charge in [-0.15, -0.1) is 0 Å². The van der Waals surface area contributed by atoms with E-state index in [4.69, 9.17) is 4.74 Å². The molecule has 1 rings (SSSR count). The molecule has 118 valence electrons. The van der Waals surface area contributed by atoms with Crippen LogP contribution in [0.25, 0.3) is 0 Å². The summed E-state index contributed by atoms with van der Waals surface area (Å²) in [6.07, 6.45) is 3.84. The Labute approximate surface area is 121 Å². The summed E-state index contributed by atoms with van der Waals surface area (Å²) in [6, 6.07) is -0.258. The van der Waals surface area contributed by atoms with Gasteiger partial charge in [-0.25, -0.2) is 17.5 Å². The van der Waals surface area contributed by atoms with Crippen LogP contribution in [-0.4, -0.2) is 63.9 Å². The van der Waals surface area contributed by atoms with E-state index in [1.807, 2.05) is 6.92 Å². The van der Waals surface area contributed by atoms with E-state index in [9.17, 15) is 13.2 Å². The first-order valence-corrected chi connectivity index (χ1v) is 8.73. The molecule has 0 unspecified atom stereocenters. The highest BCUT2D eigenvalue weighted by molar-refractivity contribution is 7.88. The molecule has 0 saturated carbocycles. The number of rotatable bonds is 7. The quantitative estimate of drug-likeness (QED) is 0.655. The average molecular weight is 307 g/mol. The molecule has 2 amide bonds. The van der Waals surface area contributed by atoms with Gasteiger partial charge < -0.3 is 15.4 Å². The number of carbonyl (C=O) groups is 1. The van der Waals surface area contributed by atoms with Crippen molar-refractivity contribution < 1.29 is 17.9 Å². The predicted molar refractivity (Wildman–Crippen MR) is 77.1 cm³/mol. The molecule has 1 aliphatic heterocycles. The van der Waals surface area contributed by atoms with E-state index in [1.54, 1.807) is 0 Å². The van der Waals surface area contributed by atoms with E-state index in [-0.39, 0.29) is 18.2 Å². The summed E-state index contributed by atoms with van der Waals surface area (Å²) in [5, 5.41) is 5.55. The summed E-state index contributed by atoms with van der Waals surface area (Å²) < 4.78 is 29.1. The average Bonchev–Trinajstić information content (AvgIpc) is 2.86. The second-order valence-corrected chi connectivity index (χ2v) is 7.27. The lowest BCUT2D eigenvalue weighted by Gasteiger charge is -2.20. The molecule has 7 nitrogen and oxygen atoms in total. The first-order valence-electron chi connectivity index (χ1n) is 6.88. The molecule has 1 heterocycles. The Morgan fingerprint density at radius 1 is 1.50 bits per heavy atom. The Bertz CT molecular complexity index is 407. The molecule has 0 aliphatic carbocycles. The van der Waals surface area contributed by atoms with Crippen LogP contribution in [0.15, 0.2) is 0 Å². The van der Waals surface area contributed by atoms with Crippen LogP contribution in [0.2, 0.25) is 0 Å². The number of nitrogens with zero attached hydrogens (tertiary/aromatic N) is 1. The zero-order chi connectivity index (χ0) is 15.2. The van der Waals surface area contributed by atoms with Crippen LogP contribution in [0.3, 0.4) is 0 Å². The molecular formula is C12H25N3O4S. The van der Waals surface area contributed by atoms with Gasteiger partial charge in [0.25, 0.3) is 0 Å². The minimum Gasteiger partial charge on any atom is -0.376 e. The van der Waals surface area contributed by atoms with E-state index >= 15 is 0 Å². The van der Waals surface area contributed by atoms with Crippen LogP contribution < -0.4 is 10.6 Å². The fraction of sp³-hybridized carbons (Fsp3) is 0.917. The van der Waals surface area contributed by atoms with Crippen molar-refractivity contribution >= 4 is 16.1 Å². The molecule has 0 aromatic heterocycles. The maximum Gasteiger partial charge on any atom is 0.315 e. The molecule has 0 bridgehead atoms. The summed E-state index contributed by atoms with van der Waals surface area (Å²) in [5.74, 6) is 0. The normalized spacial score (nSPS) is 20.9. The second kappa shape index (κ2) is 7.80. The molecule has 8 heteroatoms. The smallest absolute Gasteiger partial charge is 0.315 e. The van der Waals surface area contributed by atoms with Gasteiger partial charge in [0.15, 0.2) is 0 Å². The van der Waals surface area contributed by atoms with E-state index in [0.29, 0.717) is 19.5 Å². The van der Waals surface area contributed by atoms with Crippen LogP contribution in [0.5, 0.6) is 0 Å². The predicted octanol–water partition coefficient (Wildman–Crippen LogP) is 0.135. The zero-order valence-electron chi connectivity index (χ0n) is 12.4. The third-order valence-electron chi connectivity index (χ3n) is 3.38. The summed E-state index contributed by atoms with van der Waals surface area (Å²) >= 11 is 0. The summed E-state index contributed by atoms with van der Waals surface area (Å²) in [6.45, 7) is 3.51. The summed E-state index contributed by atoms with van der Waals surface area (Å²) in [4.78, 5) is 11.6. The lowest BCUT2D eigenvalue weighted by Crippen LogP contribution is -2.46. The van der Waals surface area contributed by atoms with E-state index in [0.717, 1.165) is 25.7 Å². The third kappa shape index (κ3) is 6.06. The Morgan fingerprint density at radius 2 is 2.20 bits per heavy atom. The number of urea groups is 1. The second-order valence-electron chi connectivity index (χ2n) is 5.18. The van der Waals surface area contributed by atoms with Gasteiger partial charge in [-0.3, -0.25) is 0 Å². The van der Waals surface area contributed by atoms with E-state index in [1.165, 1.54) is 11.4 Å². The number of ether oxygens (including phenoxy) is 1. The molecule has 20 heavy (non-hydrogen) atoms. The Kier molecular flexibility index (Phi) is 6.70. The van der Waals surface area contributed by atoms with Gasteiger partial charge >= 0.3 is 6.03 Å². The molecular weight excluding hydrogens is 282 g/mol. The van der Waals surface area contributed by atoms with Gasteiger partial charge in [0.1, 0.15) is 0 Å². The number of hydrogen-bond donors (Lipinski definition) is 2. The van der Waals surface area contributed by atoms with Crippen molar-refractivity contribution in [3.63, 3.8) is 0 Å². The SMILES string of the molecule is C[C@H](NC(=O)NCCCN(C)S(C)(=O)=O)[C@H]1CCCO1. The first kappa shape index (κ1) is 17.2. The topological polar surface area (TPSA) is 87.7 Å². The lowest BCUT2D eigenvalue weighted by atomic mass is 10.1. The van der Waals surface area contributed by atoms with Crippen molar-refractivity contribution in [2.45, 2.75) is 38.3 Å². The minimum atomic E-state index is -3.15. The van der Waals surface area contributed by atoms with E-state index in [2.05, 4.69) is 10.6 Å². The maximum absolute atomic E-state index is 11.6. The van der Waals surface area contributed by atoms with Crippen molar-refractivity contribution in [3.05, 3.63) is 0 Å². The molecule has 0 spiro atoms. The molecule has 1 fully saturated rings. The van der Waals surface area contributed by atoms with Crippen LogP contribution in [-0.2, 0) is 14.8 Å². The van der Waals surface area contributed by atoms with Gasteiger partial charge in [-0.1, -0.05) is 0 Å². The first-order chi connectivity index (χ1) is 9.30. The van der Waals surface area contributed by atoms with Crippen LogP contribution in [0.1, 0.15) is 26.2 Å². The highest BCUT2D eigenvalue weighted by atomic mass is 32.2. The van der Waals surface area contributed by atoms with Gasteiger partial charge in [0.2, 0.25) is 10.0 Å². The van der Waals surface area contributed by atoms with Crippen molar-refractivity contribution in [2.75, 3.05) is 33.0 Å². The molecule has 1 saturated heterocycles. The summed E-state index contributed by atoms with van der Waals surface area (Å²) in [5.41, 5.74) is 0. The molecule has 0 aromatic rings. The van der Waals surface area contributed by atoms with Gasteiger partial charge in [0, 0.05) is 26.7 Å². The number of hydrogen-bond acceptors (Lipinski definition) is 4. The molecule has 2 atom stereocenters. The van der Waals surface area contributed by atoms with Gasteiger partial charge in [-0.2, -0.15) is 0 Å². The lowest BCUT2D eigenvalue weighted by molar-refractivity contribution is 0.0860. The van der Waals surface area contributed by atoms with E-state index < -0.39 is 10.0 Å². The standard InChI is InChI=1S/C12H25N3O4S/c1-10(11-6-4-9-19-11)14-12(16)13-7-5-8-15(2)20(3,17)18/h10-11H,4-9H2,1-3H3,(H2,13,14,16)/t10-,11+/m0/s1.